The van der Waals surface area contributed by atoms with Crippen molar-refractivity contribution < 1.29 is 18.0 Å². The smallest absolute Gasteiger partial charge is 0.243 e. The number of amides is 2. The molecule has 1 atom stereocenters. The maximum atomic E-state index is 13.1. The standard InChI is InChI=1S/C27H29N3O4S/c1-3-29(4-2)35(33,34)23-16-14-22(15-17-23)30-19-21(18-26(30)31)27(32)28-25-13-9-8-12-24(25)20-10-6-5-7-11-20/h5-17,21H,3-4,18-19H2,1-2H3,(H,28,32). The molecule has 0 saturated carbocycles. The minimum Gasteiger partial charge on any atom is -0.325 e. The van der Waals surface area contributed by atoms with Gasteiger partial charge in [-0.1, -0.05) is 62.4 Å². The number of rotatable bonds is 8. The highest BCUT2D eigenvalue weighted by molar-refractivity contribution is 7.89. The molecule has 2 amide bonds. The Morgan fingerprint density at radius 2 is 1.57 bits per heavy atom. The fourth-order valence-electron chi connectivity index (χ4n) is 4.34. The van der Waals surface area contributed by atoms with Gasteiger partial charge in [-0.25, -0.2) is 8.42 Å². The fourth-order valence-corrected chi connectivity index (χ4v) is 5.80. The molecule has 1 aliphatic heterocycles. The first-order valence-electron chi connectivity index (χ1n) is 11.7. The van der Waals surface area contributed by atoms with Crippen LogP contribution in [0.25, 0.3) is 11.1 Å². The number of nitrogens with zero attached hydrogens (tertiary/aromatic N) is 2. The number of benzene rings is 3. The second kappa shape index (κ2) is 10.4. The van der Waals surface area contributed by atoms with Crippen molar-refractivity contribution in [1.29, 1.82) is 0 Å². The zero-order valence-corrected chi connectivity index (χ0v) is 20.7. The maximum Gasteiger partial charge on any atom is 0.243 e. The predicted octanol–water partition coefficient (Wildman–Crippen LogP) is 4.38. The van der Waals surface area contributed by atoms with Gasteiger partial charge in [0.2, 0.25) is 21.8 Å². The van der Waals surface area contributed by atoms with E-state index in [1.54, 1.807) is 30.9 Å². The fraction of sp³-hybridized carbons (Fsp3) is 0.259. The van der Waals surface area contributed by atoms with E-state index in [2.05, 4.69) is 5.32 Å². The predicted molar refractivity (Wildman–Crippen MR) is 138 cm³/mol. The largest absolute Gasteiger partial charge is 0.325 e. The van der Waals surface area contributed by atoms with Crippen molar-refractivity contribution >= 4 is 33.2 Å². The minimum atomic E-state index is -3.58. The van der Waals surface area contributed by atoms with Gasteiger partial charge in [0.25, 0.3) is 0 Å². The molecular weight excluding hydrogens is 462 g/mol. The summed E-state index contributed by atoms with van der Waals surface area (Å²) in [6, 6.07) is 23.7. The Morgan fingerprint density at radius 1 is 0.943 bits per heavy atom. The van der Waals surface area contributed by atoms with Crippen molar-refractivity contribution in [2.75, 3.05) is 29.9 Å². The highest BCUT2D eigenvalue weighted by atomic mass is 32.2. The molecule has 182 valence electrons. The Morgan fingerprint density at radius 3 is 2.23 bits per heavy atom. The van der Waals surface area contributed by atoms with E-state index in [1.165, 1.54) is 16.4 Å². The van der Waals surface area contributed by atoms with E-state index < -0.39 is 15.9 Å². The molecule has 3 aromatic rings. The van der Waals surface area contributed by atoms with E-state index in [9.17, 15) is 18.0 Å². The molecule has 1 heterocycles. The van der Waals surface area contributed by atoms with Crippen molar-refractivity contribution in [3.63, 3.8) is 0 Å². The third kappa shape index (κ3) is 5.13. The Labute approximate surface area is 206 Å². The number of carbonyl (C=O) groups is 2. The summed E-state index contributed by atoms with van der Waals surface area (Å²) in [4.78, 5) is 27.5. The minimum absolute atomic E-state index is 0.0961. The Kier molecular flexibility index (Phi) is 7.33. The summed E-state index contributed by atoms with van der Waals surface area (Å²) < 4.78 is 26.8. The van der Waals surface area contributed by atoms with Crippen molar-refractivity contribution in [3.8, 4) is 11.1 Å². The Balaban J connectivity index is 1.48. The van der Waals surface area contributed by atoms with Crippen LogP contribution >= 0.6 is 0 Å². The molecule has 0 spiro atoms. The van der Waals surface area contributed by atoms with Crippen LogP contribution in [-0.4, -0.2) is 44.2 Å². The van der Waals surface area contributed by atoms with Crippen LogP contribution in [0, 0.1) is 5.92 Å². The Hall–Kier alpha value is -3.49. The average Bonchev–Trinajstić information content (AvgIpc) is 3.27. The summed E-state index contributed by atoms with van der Waals surface area (Å²) in [5.74, 6) is -0.892. The number of anilines is 2. The van der Waals surface area contributed by atoms with Crippen LogP contribution in [-0.2, 0) is 19.6 Å². The topological polar surface area (TPSA) is 86.8 Å². The summed E-state index contributed by atoms with van der Waals surface area (Å²) in [6.45, 7) is 4.59. The van der Waals surface area contributed by atoms with Crippen molar-refractivity contribution in [2.24, 2.45) is 5.92 Å². The molecule has 0 radical (unpaired) electrons. The van der Waals surface area contributed by atoms with Crippen LogP contribution in [0.5, 0.6) is 0 Å². The zero-order valence-electron chi connectivity index (χ0n) is 19.8. The van der Waals surface area contributed by atoms with Gasteiger partial charge in [-0.3, -0.25) is 9.59 Å². The van der Waals surface area contributed by atoms with Gasteiger partial charge in [-0.05, 0) is 35.9 Å². The lowest BCUT2D eigenvalue weighted by Gasteiger charge is -2.20. The first-order chi connectivity index (χ1) is 16.8. The van der Waals surface area contributed by atoms with Gasteiger partial charge in [0.15, 0.2) is 0 Å². The van der Waals surface area contributed by atoms with Crippen LogP contribution < -0.4 is 10.2 Å². The molecule has 3 aromatic carbocycles. The number of carbonyl (C=O) groups excluding carboxylic acids is 2. The van der Waals surface area contributed by atoms with E-state index in [0.717, 1.165) is 11.1 Å². The van der Waals surface area contributed by atoms with Crippen molar-refractivity contribution in [2.45, 2.75) is 25.2 Å². The monoisotopic (exact) mass is 491 g/mol. The molecule has 1 unspecified atom stereocenters. The molecule has 35 heavy (non-hydrogen) atoms. The van der Waals surface area contributed by atoms with E-state index in [4.69, 9.17) is 0 Å². The quantitative estimate of drug-likeness (QED) is 0.507. The molecule has 4 rings (SSSR count). The second-order valence-corrected chi connectivity index (χ2v) is 10.3. The highest BCUT2D eigenvalue weighted by Crippen LogP contribution is 2.31. The lowest BCUT2D eigenvalue weighted by atomic mass is 10.0. The number of hydrogen-bond donors (Lipinski definition) is 1. The van der Waals surface area contributed by atoms with Gasteiger partial charge >= 0.3 is 0 Å². The summed E-state index contributed by atoms with van der Waals surface area (Å²) >= 11 is 0. The molecule has 0 aliphatic carbocycles. The molecule has 0 aromatic heterocycles. The molecule has 7 nitrogen and oxygen atoms in total. The molecular formula is C27H29N3O4S. The van der Waals surface area contributed by atoms with Crippen LogP contribution in [0.1, 0.15) is 20.3 Å². The van der Waals surface area contributed by atoms with Crippen LogP contribution in [0.3, 0.4) is 0 Å². The van der Waals surface area contributed by atoms with E-state index >= 15 is 0 Å². The molecule has 8 heteroatoms. The molecule has 0 bridgehead atoms. The SMILES string of the molecule is CCN(CC)S(=O)(=O)c1ccc(N2CC(C(=O)Nc3ccccc3-c3ccccc3)CC2=O)cc1. The zero-order chi connectivity index (χ0) is 25.0. The molecule has 1 aliphatic rings. The highest BCUT2D eigenvalue weighted by Gasteiger charge is 2.35. The third-order valence-corrected chi connectivity index (χ3v) is 8.32. The first-order valence-corrected chi connectivity index (χ1v) is 13.1. The number of hydrogen-bond acceptors (Lipinski definition) is 4. The van der Waals surface area contributed by atoms with Crippen molar-refractivity contribution in [3.05, 3.63) is 78.9 Å². The van der Waals surface area contributed by atoms with Gasteiger partial charge < -0.3 is 10.2 Å². The average molecular weight is 492 g/mol. The van der Waals surface area contributed by atoms with E-state index in [1.807, 2.05) is 54.6 Å². The van der Waals surface area contributed by atoms with Crippen LogP contribution in [0.15, 0.2) is 83.8 Å². The maximum absolute atomic E-state index is 13.1. The summed E-state index contributed by atoms with van der Waals surface area (Å²) in [7, 11) is -3.58. The summed E-state index contributed by atoms with van der Waals surface area (Å²) in [5, 5.41) is 3.00. The normalized spacial score (nSPS) is 16.0. The van der Waals surface area contributed by atoms with Crippen LogP contribution in [0.4, 0.5) is 11.4 Å². The van der Waals surface area contributed by atoms with Gasteiger partial charge in [-0.2, -0.15) is 4.31 Å². The van der Waals surface area contributed by atoms with Crippen LogP contribution in [0.2, 0.25) is 0 Å². The lowest BCUT2D eigenvalue weighted by molar-refractivity contribution is -0.122. The van der Waals surface area contributed by atoms with Gasteiger partial charge in [-0.15, -0.1) is 0 Å². The van der Waals surface area contributed by atoms with Gasteiger partial charge in [0.1, 0.15) is 0 Å². The molecule has 1 saturated heterocycles. The summed E-state index contributed by atoms with van der Waals surface area (Å²) in [5.41, 5.74) is 3.17. The second-order valence-electron chi connectivity index (χ2n) is 8.39. The van der Waals surface area contributed by atoms with Gasteiger partial charge in [0, 0.05) is 43.0 Å². The number of para-hydroxylation sites is 1. The van der Waals surface area contributed by atoms with Gasteiger partial charge in [0.05, 0.1) is 10.8 Å². The summed E-state index contributed by atoms with van der Waals surface area (Å²) in [6.07, 6.45) is 0.0961. The van der Waals surface area contributed by atoms with Crippen molar-refractivity contribution in [1.82, 2.24) is 4.31 Å². The third-order valence-electron chi connectivity index (χ3n) is 6.26. The number of sulfonamides is 1. The first kappa shape index (κ1) is 24.6. The molecule has 1 N–H and O–H groups in total. The van der Waals surface area contributed by atoms with E-state index in [0.29, 0.717) is 24.5 Å². The Bertz CT molecular complexity index is 1300. The lowest BCUT2D eigenvalue weighted by Crippen LogP contribution is -2.31. The van der Waals surface area contributed by atoms with E-state index in [-0.39, 0.29) is 29.7 Å². The molecule has 1 fully saturated rings. The number of nitrogens with one attached hydrogen (secondary N) is 1.